The van der Waals surface area contributed by atoms with E-state index in [2.05, 4.69) is 20.7 Å². The van der Waals surface area contributed by atoms with Crippen molar-refractivity contribution in [3.8, 4) is 0 Å². The molecule has 0 saturated carbocycles. The zero-order valence-electron chi connectivity index (χ0n) is 11.0. The van der Waals surface area contributed by atoms with Crippen molar-refractivity contribution in [1.29, 1.82) is 0 Å². The molecule has 0 heterocycles. The van der Waals surface area contributed by atoms with Crippen LogP contribution in [0.15, 0.2) is 33.6 Å². The number of sulfonamides is 1. The lowest BCUT2D eigenvalue weighted by molar-refractivity contribution is 0.392. The first-order valence-corrected chi connectivity index (χ1v) is 8.15. The highest BCUT2D eigenvalue weighted by Gasteiger charge is 2.23. The van der Waals surface area contributed by atoms with Crippen LogP contribution >= 0.6 is 28.3 Å². The van der Waals surface area contributed by atoms with Crippen molar-refractivity contribution >= 4 is 38.4 Å². The third-order valence-corrected chi connectivity index (χ3v) is 5.02. The smallest absolute Gasteiger partial charge is 0.240 e. The molecule has 19 heavy (non-hydrogen) atoms. The first kappa shape index (κ1) is 18.9. The highest BCUT2D eigenvalue weighted by molar-refractivity contribution is 9.10. The summed E-state index contributed by atoms with van der Waals surface area (Å²) in [5.74, 6) is 0. The van der Waals surface area contributed by atoms with E-state index in [0.29, 0.717) is 0 Å². The van der Waals surface area contributed by atoms with Gasteiger partial charge in [0.15, 0.2) is 0 Å². The Kier molecular flexibility index (Phi) is 7.54. The van der Waals surface area contributed by atoms with Gasteiger partial charge in [0.2, 0.25) is 10.0 Å². The van der Waals surface area contributed by atoms with E-state index in [1.54, 1.807) is 24.3 Å². The number of halogens is 2. The van der Waals surface area contributed by atoms with Gasteiger partial charge >= 0.3 is 0 Å². The molecule has 1 rings (SSSR count). The molecule has 0 bridgehead atoms. The van der Waals surface area contributed by atoms with E-state index >= 15 is 0 Å². The molecule has 0 radical (unpaired) electrons. The fourth-order valence-electron chi connectivity index (χ4n) is 1.46. The second-order valence-electron chi connectivity index (χ2n) is 4.35. The van der Waals surface area contributed by atoms with E-state index in [-0.39, 0.29) is 23.8 Å². The van der Waals surface area contributed by atoms with E-state index in [1.165, 1.54) is 0 Å². The summed E-state index contributed by atoms with van der Waals surface area (Å²) in [7, 11) is -3.50. The number of nitrogens with one attached hydrogen (secondary N) is 1. The number of benzene rings is 1. The van der Waals surface area contributed by atoms with Gasteiger partial charge in [0.1, 0.15) is 0 Å². The number of hydrogen-bond donors (Lipinski definition) is 2. The van der Waals surface area contributed by atoms with Crippen LogP contribution in [0.1, 0.15) is 26.7 Å². The predicted octanol–water partition coefficient (Wildman–Crippen LogP) is 2.67. The van der Waals surface area contributed by atoms with Gasteiger partial charge in [-0.3, -0.25) is 0 Å². The highest BCUT2D eigenvalue weighted by Crippen LogP contribution is 2.17. The highest BCUT2D eigenvalue weighted by atomic mass is 79.9. The van der Waals surface area contributed by atoms with E-state index in [9.17, 15) is 8.42 Å². The first-order chi connectivity index (χ1) is 8.33. The van der Waals surface area contributed by atoms with E-state index in [4.69, 9.17) is 5.73 Å². The van der Waals surface area contributed by atoms with Gasteiger partial charge in [0.05, 0.1) is 4.90 Å². The van der Waals surface area contributed by atoms with Crippen LogP contribution in [0.3, 0.4) is 0 Å². The van der Waals surface area contributed by atoms with E-state index in [1.807, 2.05) is 13.8 Å². The van der Waals surface area contributed by atoms with Gasteiger partial charge < -0.3 is 5.73 Å². The van der Waals surface area contributed by atoms with Crippen LogP contribution in [0.4, 0.5) is 0 Å². The molecule has 4 nitrogen and oxygen atoms in total. The van der Waals surface area contributed by atoms with Crippen molar-refractivity contribution in [3.63, 3.8) is 0 Å². The molecular formula is C12H20BrClN2O2S. The van der Waals surface area contributed by atoms with Crippen LogP contribution in [0.2, 0.25) is 0 Å². The Hall–Kier alpha value is -0.140. The summed E-state index contributed by atoms with van der Waals surface area (Å²) in [6, 6.07) is 6.60. The molecule has 0 amide bonds. The first-order valence-electron chi connectivity index (χ1n) is 5.87. The summed E-state index contributed by atoms with van der Waals surface area (Å²) < 4.78 is 27.5. The largest absolute Gasteiger partial charge is 0.324 e. The number of hydrogen-bond acceptors (Lipinski definition) is 3. The quantitative estimate of drug-likeness (QED) is 0.807. The van der Waals surface area contributed by atoms with Crippen LogP contribution in [0, 0.1) is 0 Å². The molecule has 0 aliphatic rings. The number of nitrogens with two attached hydrogens (primary N) is 1. The molecule has 110 valence electrons. The molecule has 0 unspecified atom stereocenters. The van der Waals surface area contributed by atoms with Crippen molar-refractivity contribution in [2.24, 2.45) is 5.73 Å². The zero-order chi connectivity index (χ0) is 13.8. The standard InChI is InChI=1S/C12H19BrN2O2S.ClH/c1-3-12(14,4-2)9-15-18(16,17)11-7-5-6-10(13)8-11;/h5-8,15H,3-4,9,14H2,1-2H3;1H. The van der Waals surface area contributed by atoms with Crippen LogP contribution < -0.4 is 10.5 Å². The maximum Gasteiger partial charge on any atom is 0.240 e. The van der Waals surface area contributed by atoms with Gasteiger partial charge in [-0.05, 0) is 31.0 Å². The summed E-state index contributed by atoms with van der Waals surface area (Å²) in [6.07, 6.45) is 1.45. The average molecular weight is 372 g/mol. The van der Waals surface area contributed by atoms with Gasteiger partial charge in [-0.2, -0.15) is 0 Å². The predicted molar refractivity (Wildman–Crippen MR) is 84.1 cm³/mol. The number of rotatable bonds is 6. The SMILES string of the molecule is CCC(N)(CC)CNS(=O)(=O)c1cccc(Br)c1.Cl. The molecule has 0 fully saturated rings. The molecular weight excluding hydrogens is 352 g/mol. The van der Waals surface area contributed by atoms with E-state index < -0.39 is 15.6 Å². The molecule has 0 spiro atoms. The zero-order valence-corrected chi connectivity index (χ0v) is 14.2. The van der Waals surface area contributed by atoms with Crippen LogP contribution in [0.25, 0.3) is 0 Å². The van der Waals surface area contributed by atoms with Crippen molar-refractivity contribution in [2.45, 2.75) is 37.1 Å². The Labute approximate surface area is 129 Å². The second-order valence-corrected chi connectivity index (χ2v) is 7.03. The van der Waals surface area contributed by atoms with Crippen molar-refractivity contribution in [2.75, 3.05) is 6.54 Å². The average Bonchev–Trinajstić information content (AvgIpc) is 2.36. The fraction of sp³-hybridized carbons (Fsp3) is 0.500. The summed E-state index contributed by atoms with van der Waals surface area (Å²) in [4.78, 5) is 0.242. The van der Waals surface area contributed by atoms with Gasteiger partial charge in [-0.1, -0.05) is 35.8 Å². The lowest BCUT2D eigenvalue weighted by atomic mass is 9.95. The minimum Gasteiger partial charge on any atom is -0.324 e. The Morgan fingerprint density at radius 1 is 1.32 bits per heavy atom. The van der Waals surface area contributed by atoms with E-state index in [0.717, 1.165) is 17.3 Å². The molecule has 7 heteroatoms. The molecule has 1 aromatic carbocycles. The minimum absolute atomic E-state index is 0. The summed E-state index contributed by atoms with van der Waals surface area (Å²) in [5, 5.41) is 0. The second kappa shape index (κ2) is 7.59. The maximum absolute atomic E-state index is 12.1. The van der Waals surface area contributed by atoms with Crippen LogP contribution in [-0.2, 0) is 10.0 Å². The summed E-state index contributed by atoms with van der Waals surface area (Å²) >= 11 is 3.26. The summed E-state index contributed by atoms with van der Waals surface area (Å²) in [5.41, 5.74) is 5.59. The molecule has 1 aromatic rings. The monoisotopic (exact) mass is 370 g/mol. The Morgan fingerprint density at radius 2 is 1.89 bits per heavy atom. The Morgan fingerprint density at radius 3 is 2.37 bits per heavy atom. The fourth-order valence-corrected chi connectivity index (χ4v) is 3.19. The third-order valence-electron chi connectivity index (χ3n) is 3.13. The third kappa shape index (κ3) is 5.39. The van der Waals surface area contributed by atoms with Crippen molar-refractivity contribution < 1.29 is 8.42 Å². The molecule has 0 aliphatic carbocycles. The van der Waals surface area contributed by atoms with Crippen LogP contribution in [-0.4, -0.2) is 20.5 Å². The molecule has 0 atom stereocenters. The van der Waals surface area contributed by atoms with Gasteiger partial charge in [-0.15, -0.1) is 12.4 Å². The lowest BCUT2D eigenvalue weighted by Gasteiger charge is -2.26. The van der Waals surface area contributed by atoms with Gasteiger partial charge in [-0.25, -0.2) is 13.1 Å². The topological polar surface area (TPSA) is 72.2 Å². The van der Waals surface area contributed by atoms with Crippen molar-refractivity contribution in [1.82, 2.24) is 4.72 Å². The lowest BCUT2D eigenvalue weighted by Crippen LogP contribution is -2.49. The van der Waals surface area contributed by atoms with Gasteiger partial charge in [0.25, 0.3) is 0 Å². The molecule has 0 aliphatic heterocycles. The minimum atomic E-state index is -3.50. The Bertz CT molecular complexity index is 504. The Balaban J connectivity index is 0.00000324. The molecule has 0 aromatic heterocycles. The maximum atomic E-state index is 12.1. The molecule has 3 N–H and O–H groups in total. The van der Waals surface area contributed by atoms with Gasteiger partial charge in [0, 0.05) is 16.6 Å². The summed E-state index contributed by atoms with van der Waals surface area (Å²) in [6.45, 7) is 4.16. The van der Waals surface area contributed by atoms with Crippen molar-refractivity contribution in [3.05, 3.63) is 28.7 Å². The van der Waals surface area contributed by atoms with Crippen LogP contribution in [0.5, 0.6) is 0 Å². The normalized spacial score (nSPS) is 12.0. The molecule has 0 saturated heterocycles.